The lowest BCUT2D eigenvalue weighted by Crippen LogP contribution is -2.37. The molecule has 7 heteroatoms. The van der Waals surface area contributed by atoms with E-state index in [0.717, 1.165) is 45.4 Å². The molecule has 0 aliphatic carbocycles. The zero-order chi connectivity index (χ0) is 20.2. The summed E-state index contributed by atoms with van der Waals surface area (Å²) in [6.45, 7) is 3.43. The van der Waals surface area contributed by atoms with Gasteiger partial charge < -0.3 is 4.74 Å². The van der Waals surface area contributed by atoms with Gasteiger partial charge in [0, 0.05) is 22.0 Å². The van der Waals surface area contributed by atoms with E-state index in [-0.39, 0.29) is 12.0 Å². The number of thioether (sulfide) groups is 2. The Bertz CT molecular complexity index is 999. The molecule has 1 amide bonds. The number of rotatable bonds is 7. The Balaban J connectivity index is 1.69. The summed E-state index contributed by atoms with van der Waals surface area (Å²) in [7, 11) is 0. The van der Waals surface area contributed by atoms with Gasteiger partial charge in [-0.1, -0.05) is 24.3 Å². The average molecular weight is 445 g/mol. The lowest BCUT2D eigenvalue weighted by Gasteiger charge is -2.23. The van der Waals surface area contributed by atoms with Crippen molar-refractivity contribution in [3.8, 4) is 0 Å². The van der Waals surface area contributed by atoms with E-state index in [1.54, 1.807) is 34.9 Å². The Morgan fingerprint density at radius 3 is 2.93 bits per heavy atom. The Hall–Kier alpha value is -1.54. The van der Waals surface area contributed by atoms with Gasteiger partial charge in [0.25, 0.3) is 5.91 Å². The van der Waals surface area contributed by atoms with E-state index in [4.69, 9.17) is 9.72 Å². The summed E-state index contributed by atoms with van der Waals surface area (Å²) in [6, 6.07) is 14.1. The minimum absolute atomic E-state index is 0.0109. The van der Waals surface area contributed by atoms with Gasteiger partial charge >= 0.3 is 0 Å². The summed E-state index contributed by atoms with van der Waals surface area (Å²) in [4.78, 5) is 22.4. The molecular weight excluding hydrogens is 420 g/mol. The molecule has 1 saturated heterocycles. The van der Waals surface area contributed by atoms with Crippen LogP contribution in [0.5, 0.6) is 0 Å². The molecule has 2 aromatic carbocycles. The molecule has 29 heavy (non-hydrogen) atoms. The van der Waals surface area contributed by atoms with Gasteiger partial charge in [-0.2, -0.15) is 0 Å². The van der Waals surface area contributed by atoms with Crippen LogP contribution in [0.4, 0.5) is 5.13 Å². The third kappa shape index (κ3) is 4.79. The highest BCUT2D eigenvalue weighted by molar-refractivity contribution is 7.99. The molecule has 1 atom stereocenters. The van der Waals surface area contributed by atoms with Crippen molar-refractivity contribution < 1.29 is 9.53 Å². The average Bonchev–Trinajstić information content (AvgIpc) is 3.40. The first-order valence-corrected chi connectivity index (χ1v) is 12.8. The van der Waals surface area contributed by atoms with Crippen molar-refractivity contribution in [3.05, 3.63) is 48.0 Å². The first-order chi connectivity index (χ1) is 14.2. The zero-order valence-electron chi connectivity index (χ0n) is 16.6. The van der Waals surface area contributed by atoms with E-state index in [9.17, 15) is 4.79 Å². The number of aromatic nitrogens is 1. The SMILES string of the molecule is CCSc1cccc(C(=O)N(CC2CCCO2)c2nc3ccc(SC)cc3s2)c1. The van der Waals surface area contributed by atoms with Crippen LogP contribution < -0.4 is 4.90 Å². The van der Waals surface area contributed by atoms with Gasteiger partial charge in [0.15, 0.2) is 5.13 Å². The van der Waals surface area contributed by atoms with Crippen molar-refractivity contribution >= 4 is 56.1 Å². The number of hydrogen-bond donors (Lipinski definition) is 0. The second-order valence-electron chi connectivity index (χ2n) is 6.84. The summed E-state index contributed by atoms with van der Waals surface area (Å²) in [5.41, 5.74) is 1.63. The Kier molecular flexibility index (Phi) is 6.80. The molecule has 152 valence electrons. The van der Waals surface area contributed by atoms with Gasteiger partial charge in [0.1, 0.15) is 0 Å². The molecule has 0 saturated carbocycles. The molecule has 4 nitrogen and oxygen atoms in total. The van der Waals surface area contributed by atoms with Crippen LogP contribution in [0.1, 0.15) is 30.1 Å². The number of benzene rings is 2. The molecule has 1 aliphatic heterocycles. The summed E-state index contributed by atoms with van der Waals surface area (Å²) >= 11 is 5.03. The predicted molar refractivity (Wildman–Crippen MR) is 125 cm³/mol. The van der Waals surface area contributed by atoms with Gasteiger partial charge in [-0.05, 0) is 61.2 Å². The van der Waals surface area contributed by atoms with Crippen LogP contribution >= 0.6 is 34.9 Å². The fourth-order valence-corrected chi connectivity index (χ4v) is 5.66. The van der Waals surface area contributed by atoms with Crippen molar-refractivity contribution in [3.63, 3.8) is 0 Å². The van der Waals surface area contributed by atoms with Crippen molar-refractivity contribution in [1.82, 2.24) is 4.98 Å². The molecule has 1 aliphatic rings. The Labute approximate surface area is 184 Å². The van der Waals surface area contributed by atoms with Crippen molar-refractivity contribution in [2.45, 2.75) is 35.7 Å². The topological polar surface area (TPSA) is 42.4 Å². The van der Waals surface area contributed by atoms with E-state index in [2.05, 4.69) is 31.4 Å². The fourth-order valence-electron chi connectivity index (χ4n) is 3.42. The molecule has 1 fully saturated rings. The number of ether oxygens (including phenoxy) is 1. The number of nitrogens with zero attached hydrogens (tertiary/aromatic N) is 2. The van der Waals surface area contributed by atoms with Gasteiger partial charge in [0.05, 0.1) is 22.9 Å². The third-order valence-electron chi connectivity index (χ3n) is 4.86. The highest BCUT2D eigenvalue weighted by Crippen LogP contribution is 2.33. The standard InChI is InChI=1S/C22H24N2O2S3/c1-3-28-18-8-4-6-15(12-18)21(25)24(14-16-7-5-11-26-16)22-23-19-10-9-17(27-2)13-20(19)29-22/h4,6,8-10,12-13,16H,3,5,7,11,14H2,1-2H3. The maximum absolute atomic E-state index is 13.5. The highest BCUT2D eigenvalue weighted by Gasteiger charge is 2.27. The summed E-state index contributed by atoms with van der Waals surface area (Å²) < 4.78 is 6.94. The molecule has 0 radical (unpaired) electrons. The summed E-state index contributed by atoms with van der Waals surface area (Å²) in [5.74, 6) is 0.968. The largest absolute Gasteiger partial charge is 0.376 e. The van der Waals surface area contributed by atoms with Crippen molar-refractivity contribution in [2.75, 3.05) is 30.1 Å². The number of hydrogen-bond acceptors (Lipinski definition) is 6. The molecule has 4 rings (SSSR count). The quantitative estimate of drug-likeness (QED) is 0.421. The van der Waals surface area contributed by atoms with Crippen LogP contribution in [0.2, 0.25) is 0 Å². The van der Waals surface area contributed by atoms with E-state index in [0.29, 0.717) is 12.1 Å². The number of carbonyl (C=O) groups excluding carboxylic acids is 1. The number of anilines is 1. The number of thiazole rings is 1. The molecule has 0 N–H and O–H groups in total. The Morgan fingerprint density at radius 2 is 2.17 bits per heavy atom. The molecule has 2 heterocycles. The monoisotopic (exact) mass is 444 g/mol. The smallest absolute Gasteiger partial charge is 0.260 e. The normalized spacial score (nSPS) is 16.4. The van der Waals surface area contributed by atoms with Crippen LogP contribution in [0.15, 0.2) is 52.3 Å². The second kappa shape index (κ2) is 9.51. The first kappa shape index (κ1) is 20.7. The maximum Gasteiger partial charge on any atom is 0.260 e. The van der Waals surface area contributed by atoms with Crippen molar-refractivity contribution in [2.24, 2.45) is 0 Å². The summed E-state index contributed by atoms with van der Waals surface area (Å²) in [6.07, 6.45) is 4.17. The highest BCUT2D eigenvalue weighted by atomic mass is 32.2. The molecule has 0 spiro atoms. The van der Waals surface area contributed by atoms with E-state index >= 15 is 0 Å². The van der Waals surface area contributed by atoms with Crippen LogP contribution in [-0.2, 0) is 4.74 Å². The molecule has 1 aromatic heterocycles. The number of carbonyl (C=O) groups is 1. The van der Waals surface area contributed by atoms with Crippen LogP contribution in [-0.4, -0.2) is 42.2 Å². The van der Waals surface area contributed by atoms with Crippen molar-refractivity contribution in [1.29, 1.82) is 0 Å². The number of fused-ring (bicyclic) bond motifs is 1. The van der Waals surface area contributed by atoms with Gasteiger partial charge in [-0.3, -0.25) is 9.69 Å². The zero-order valence-corrected chi connectivity index (χ0v) is 19.0. The summed E-state index contributed by atoms with van der Waals surface area (Å²) in [5, 5.41) is 0.743. The number of amides is 1. The fraction of sp³-hybridized carbons (Fsp3) is 0.364. The lowest BCUT2D eigenvalue weighted by atomic mass is 10.2. The third-order valence-corrected chi connectivity index (χ3v) is 7.50. The second-order valence-corrected chi connectivity index (χ2v) is 10.1. The molecule has 0 bridgehead atoms. The predicted octanol–water partition coefficient (Wildman–Crippen LogP) is 5.96. The van der Waals surface area contributed by atoms with E-state index in [1.807, 2.05) is 29.2 Å². The molecular formula is C22H24N2O2S3. The lowest BCUT2D eigenvalue weighted by molar-refractivity contribution is 0.0917. The molecule has 3 aromatic rings. The van der Waals surface area contributed by atoms with Gasteiger partial charge in [-0.15, -0.1) is 23.5 Å². The van der Waals surface area contributed by atoms with Gasteiger partial charge in [-0.25, -0.2) is 4.98 Å². The molecule has 1 unspecified atom stereocenters. The van der Waals surface area contributed by atoms with Gasteiger partial charge in [0.2, 0.25) is 0 Å². The van der Waals surface area contributed by atoms with Crippen LogP contribution in [0.3, 0.4) is 0 Å². The first-order valence-electron chi connectivity index (χ1n) is 9.79. The van der Waals surface area contributed by atoms with E-state index in [1.165, 1.54) is 4.90 Å². The minimum Gasteiger partial charge on any atom is -0.376 e. The van der Waals surface area contributed by atoms with Crippen LogP contribution in [0, 0.1) is 0 Å². The van der Waals surface area contributed by atoms with Crippen LogP contribution in [0.25, 0.3) is 10.2 Å². The van der Waals surface area contributed by atoms with E-state index < -0.39 is 0 Å². The maximum atomic E-state index is 13.5. The Morgan fingerprint density at radius 1 is 1.28 bits per heavy atom. The minimum atomic E-state index is -0.0109.